The van der Waals surface area contributed by atoms with Gasteiger partial charge in [-0.25, -0.2) is 9.37 Å². The number of anilines is 2. The fourth-order valence-electron chi connectivity index (χ4n) is 2.48. The van der Waals surface area contributed by atoms with Gasteiger partial charge in [0.2, 0.25) is 0 Å². The van der Waals surface area contributed by atoms with Crippen LogP contribution in [0.2, 0.25) is 5.02 Å². The topological polar surface area (TPSA) is 58.1 Å². The second kappa shape index (κ2) is 8.60. The van der Waals surface area contributed by atoms with Gasteiger partial charge in [-0.3, -0.25) is 9.78 Å². The number of rotatable bonds is 6. The molecule has 2 heterocycles. The van der Waals surface area contributed by atoms with Crippen LogP contribution in [-0.4, -0.2) is 29.5 Å². The molecule has 1 aromatic carbocycles. The van der Waals surface area contributed by atoms with Crippen molar-refractivity contribution in [1.29, 1.82) is 0 Å². The highest BCUT2D eigenvalue weighted by Gasteiger charge is 2.10. The summed E-state index contributed by atoms with van der Waals surface area (Å²) in [7, 11) is 1.95. The van der Waals surface area contributed by atoms with E-state index in [4.69, 9.17) is 11.6 Å². The molecule has 0 atom stereocenters. The molecular weight excluding hydrogens is 367 g/mol. The number of nitrogens with zero attached hydrogens (tertiary/aromatic N) is 3. The van der Waals surface area contributed by atoms with Crippen molar-refractivity contribution in [3.63, 3.8) is 0 Å². The minimum absolute atomic E-state index is 0.0444. The molecule has 3 aromatic rings. The Hall–Kier alpha value is -2.99. The van der Waals surface area contributed by atoms with E-state index in [0.717, 1.165) is 18.8 Å². The Balaban J connectivity index is 1.60. The molecule has 0 aliphatic rings. The van der Waals surface area contributed by atoms with Crippen LogP contribution in [0.4, 0.5) is 15.9 Å². The number of hydrogen-bond donors (Lipinski definition) is 1. The van der Waals surface area contributed by atoms with Gasteiger partial charge in [-0.05, 0) is 54.4 Å². The molecule has 5 nitrogen and oxygen atoms in total. The second-order valence-corrected chi connectivity index (χ2v) is 6.42. The first-order chi connectivity index (χ1) is 13.0. The van der Waals surface area contributed by atoms with Crippen molar-refractivity contribution >= 4 is 29.0 Å². The van der Waals surface area contributed by atoms with Crippen LogP contribution in [0, 0.1) is 5.82 Å². The van der Waals surface area contributed by atoms with E-state index in [2.05, 4.69) is 15.3 Å². The summed E-state index contributed by atoms with van der Waals surface area (Å²) in [6, 6.07) is 11.5. The van der Waals surface area contributed by atoms with E-state index in [1.807, 2.05) is 24.1 Å². The van der Waals surface area contributed by atoms with Gasteiger partial charge in [0.25, 0.3) is 5.91 Å². The molecule has 138 valence electrons. The van der Waals surface area contributed by atoms with Crippen molar-refractivity contribution in [3.8, 4) is 0 Å². The second-order valence-electron chi connectivity index (χ2n) is 6.02. The molecule has 0 unspecified atom stereocenters. The highest BCUT2D eigenvalue weighted by molar-refractivity contribution is 6.31. The van der Waals surface area contributed by atoms with Crippen LogP contribution in [0.5, 0.6) is 0 Å². The first kappa shape index (κ1) is 18.8. The van der Waals surface area contributed by atoms with E-state index < -0.39 is 5.82 Å². The Morgan fingerprint density at radius 2 is 1.96 bits per heavy atom. The average Bonchev–Trinajstić information content (AvgIpc) is 2.70. The molecule has 0 spiro atoms. The van der Waals surface area contributed by atoms with Crippen molar-refractivity contribution in [2.45, 2.75) is 6.42 Å². The molecule has 0 saturated heterocycles. The third kappa shape index (κ3) is 5.01. The molecule has 0 aliphatic carbocycles. The lowest BCUT2D eigenvalue weighted by atomic mass is 10.2. The van der Waals surface area contributed by atoms with Crippen molar-refractivity contribution < 1.29 is 9.18 Å². The maximum absolute atomic E-state index is 13.2. The predicted molar refractivity (Wildman–Crippen MR) is 105 cm³/mol. The first-order valence-electron chi connectivity index (χ1n) is 8.35. The van der Waals surface area contributed by atoms with E-state index in [9.17, 15) is 9.18 Å². The Bertz CT molecular complexity index is 919. The molecule has 0 bridgehead atoms. The van der Waals surface area contributed by atoms with Gasteiger partial charge in [0.1, 0.15) is 11.6 Å². The van der Waals surface area contributed by atoms with Crippen LogP contribution >= 0.6 is 11.6 Å². The summed E-state index contributed by atoms with van der Waals surface area (Å²) in [6.45, 7) is 0.788. The van der Waals surface area contributed by atoms with Crippen LogP contribution in [0.1, 0.15) is 15.9 Å². The number of carbonyl (C=O) groups is 1. The number of amides is 1. The molecule has 27 heavy (non-hydrogen) atoms. The SMILES string of the molecule is CN(CCc1ccncc1)c1ccc(C(=O)Nc2ccc(F)c(Cl)c2)cn1. The molecule has 0 aliphatic heterocycles. The third-order valence-electron chi connectivity index (χ3n) is 4.06. The molecule has 1 amide bonds. The number of benzene rings is 1. The Labute approximate surface area is 161 Å². The van der Waals surface area contributed by atoms with Gasteiger partial charge in [-0.15, -0.1) is 0 Å². The van der Waals surface area contributed by atoms with Crippen LogP contribution in [0.15, 0.2) is 61.1 Å². The van der Waals surface area contributed by atoms with E-state index >= 15 is 0 Å². The summed E-state index contributed by atoms with van der Waals surface area (Å²) >= 11 is 5.73. The van der Waals surface area contributed by atoms with Gasteiger partial charge < -0.3 is 10.2 Å². The maximum Gasteiger partial charge on any atom is 0.257 e. The van der Waals surface area contributed by atoms with Crippen LogP contribution < -0.4 is 10.2 Å². The van der Waals surface area contributed by atoms with Crippen LogP contribution in [-0.2, 0) is 6.42 Å². The zero-order chi connectivity index (χ0) is 19.2. The summed E-state index contributed by atoms with van der Waals surface area (Å²) in [5.41, 5.74) is 2.03. The van der Waals surface area contributed by atoms with E-state index in [1.165, 1.54) is 30.0 Å². The number of nitrogens with one attached hydrogen (secondary N) is 1. The Morgan fingerprint density at radius 1 is 1.19 bits per heavy atom. The van der Waals surface area contributed by atoms with Gasteiger partial charge in [-0.2, -0.15) is 0 Å². The number of carbonyl (C=O) groups excluding carboxylic acids is 1. The molecule has 0 saturated carbocycles. The minimum atomic E-state index is -0.532. The fourth-order valence-corrected chi connectivity index (χ4v) is 2.66. The molecule has 1 N–H and O–H groups in total. The van der Waals surface area contributed by atoms with Crippen molar-refractivity contribution in [2.75, 3.05) is 23.8 Å². The number of halogens is 2. The third-order valence-corrected chi connectivity index (χ3v) is 4.35. The Morgan fingerprint density at radius 3 is 2.63 bits per heavy atom. The monoisotopic (exact) mass is 384 g/mol. The van der Waals surface area contributed by atoms with Gasteiger partial charge >= 0.3 is 0 Å². The zero-order valence-electron chi connectivity index (χ0n) is 14.7. The minimum Gasteiger partial charge on any atom is -0.359 e. The number of pyridine rings is 2. The normalized spacial score (nSPS) is 10.5. The zero-order valence-corrected chi connectivity index (χ0v) is 15.4. The molecule has 2 aromatic heterocycles. The summed E-state index contributed by atoms with van der Waals surface area (Å²) in [4.78, 5) is 22.7. The van der Waals surface area contributed by atoms with E-state index in [0.29, 0.717) is 11.3 Å². The molecular formula is C20H18ClFN4O. The first-order valence-corrected chi connectivity index (χ1v) is 8.73. The number of likely N-dealkylation sites (N-methyl/N-ethyl adjacent to an activating group) is 1. The van der Waals surface area contributed by atoms with Gasteiger partial charge in [-0.1, -0.05) is 11.6 Å². The van der Waals surface area contributed by atoms with Crippen molar-refractivity contribution in [1.82, 2.24) is 9.97 Å². The summed E-state index contributed by atoms with van der Waals surface area (Å²) in [5.74, 6) is -0.0999. The lowest BCUT2D eigenvalue weighted by Gasteiger charge is -2.18. The smallest absolute Gasteiger partial charge is 0.257 e. The maximum atomic E-state index is 13.2. The van der Waals surface area contributed by atoms with Crippen LogP contribution in [0.25, 0.3) is 0 Å². The summed E-state index contributed by atoms with van der Waals surface area (Å²) in [6.07, 6.45) is 5.93. The summed E-state index contributed by atoms with van der Waals surface area (Å²) < 4.78 is 13.2. The molecule has 0 fully saturated rings. The lowest BCUT2D eigenvalue weighted by Crippen LogP contribution is -2.21. The largest absolute Gasteiger partial charge is 0.359 e. The van der Waals surface area contributed by atoms with Crippen LogP contribution in [0.3, 0.4) is 0 Å². The quantitative estimate of drug-likeness (QED) is 0.692. The molecule has 0 radical (unpaired) electrons. The Kier molecular flexibility index (Phi) is 5.98. The fraction of sp³-hybridized carbons (Fsp3) is 0.150. The molecule has 7 heteroatoms. The number of aromatic nitrogens is 2. The highest BCUT2D eigenvalue weighted by Crippen LogP contribution is 2.20. The van der Waals surface area contributed by atoms with Gasteiger partial charge in [0.15, 0.2) is 0 Å². The van der Waals surface area contributed by atoms with E-state index in [-0.39, 0.29) is 10.9 Å². The van der Waals surface area contributed by atoms with Gasteiger partial charge in [0.05, 0.1) is 10.6 Å². The number of hydrogen-bond acceptors (Lipinski definition) is 4. The standard InChI is InChI=1S/C20H18ClFN4O/c1-26(11-8-14-6-9-23-10-7-14)19-5-2-15(13-24-19)20(27)25-16-3-4-18(22)17(21)12-16/h2-7,9-10,12-13H,8,11H2,1H3,(H,25,27). The average molecular weight is 385 g/mol. The van der Waals surface area contributed by atoms with Crippen molar-refractivity contribution in [3.05, 3.63) is 83.0 Å². The predicted octanol–water partition coefficient (Wildman–Crippen LogP) is 4.20. The summed E-state index contributed by atoms with van der Waals surface area (Å²) in [5, 5.41) is 2.63. The van der Waals surface area contributed by atoms with E-state index in [1.54, 1.807) is 24.5 Å². The van der Waals surface area contributed by atoms with Crippen molar-refractivity contribution in [2.24, 2.45) is 0 Å². The van der Waals surface area contributed by atoms with Gasteiger partial charge in [0, 0.05) is 37.9 Å². The highest BCUT2D eigenvalue weighted by atomic mass is 35.5. The lowest BCUT2D eigenvalue weighted by molar-refractivity contribution is 0.102. The molecule has 3 rings (SSSR count).